The molecule has 3 nitrogen and oxygen atoms in total. The van der Waals surface area contributed by atoms with Crippen molar-refractivity contribution < 1.29 is 5.11 Å². The number of benzene rings is 1. The average molecular weight is 450 g/mol. The second kappa shape index (κ2) is 6.73. The Morgan fingerprint density at radius 3 is 2.60 bits per heavy atom. The Balaban J connectivity index is 0.00000196. The highest BCUT2D eigenvalue weighted by Gasteiger charge is 2.13. The molecule has 0 heterocycles. The molecule has 0 aliphatic carbocycles. The Morgan fingerprint density at radius 2 is 2.07 bits per heavy atom. The van der Waals surface area contributed by atoms with Gasteiger partial charge in [0.15, 0.2) is 0 Å². The van der Waals surface area contributed by atoms with Crippen LogP contribution < -0.4 is 5.73 Å². The summed E-state index contributed by atoms with van der Waals surface area (Å²) in [6.45, 7) is 0. The molecule has 1 aromatic carbocycles. The van der Waals surface area contributed by atoms with Gasteiger partial charge in [0.1, 0.15) is 5.75 Å². The van der Waals surface area contributed by atoms with Crippen LogP contribution in [0.2, 0.25) is 0 Å². The van der Waals surface area contributed by atoms with E-state index in [0.29, 0.717) is 5.56 Å². The van der Waals surface area contributed by atoms with Crippen LogP contribution in [0, 0.1) is 18.5 Å². The van der Waals surface area contributed by atoms with Gasteiger partial charge in [0.2, 0.25) is 0 Å². The number of nitriles is 1. The van der Waals surface area contributed by atoms with E-state index in [-0.39, 0.29) is 24.6 Å². The molecule has 0 fully saturated rings. The summed E-state index contributed by atoms with van der Waals surface area (Å²) in [5.74, 6) is 0.189. The highest BCUT2D eigenvalue weighted by Crippen LogP contribution is 2.31. The fourth-order valence-corrected chi connectivity index (χ4v) is 2.97. The van der Waals surface area contributed by atoms with Crippen LogP contribution in [0.25, 0.3) is 0 Å². The molecule has 1 atom stereocenters. The van der Waals surface area contributed by atoms with E-state index >= 15 is 0 Å². The lowest BCUT2D eigenvalue weighted by Gasteiger charge is -2.11. The van der Waals surface area contributed by atoms with Crippen LogP contribution in [0.1, 0.15) is 18.0 Å². The molecule has 1 rings (SSSR count). The molecule has 0 aromatic heterocycles. The van der Waals surface area contributed by atoms with Crippen molar-refractivity contribution in [1.82, 2.24) is 0 Å². The molecular formula is C9H9ClI2N2O. The van der Waals surface area contributed by atoms with Crippen molar-refractivity contribution >= 4 is 57.6 Å². The number of nitrogens with two attached hydrogens (primary N) is 1. The van der Waals surface area contributed by atoms with E-state index in [0.717, 1.165) is 7.14 Å². The number of phenols is 1. The Hall–Kier alpha value is 0.220. The Bertz CT molecular complexity index is 392. The summed E-state index contributed by atoms with van der Waals surface area (Å²) in [6.07, 6.45) is 0.212. The lowest BCUT2D eigenvalue weighted by atomic mass is 10.0. The fraction of sp³-hybridized carbons (Fsp3) is 0.222. The number of aromatic hydroxyl groups is 1. The van der Waals surface area contributed by atoms with Gasteiger partial charge in [-0.3, -0.25) is 0 Å². The predicted octanol–water partition coefficient (Wildman–Crippen LogP) is 2.94. The van der Waals surface area contributed by atoms with Crippen LogP contribution in [-0.4, -0.2) is 5.11 Å². The van der Waals surface area contributed by atoms with Gasteiger partial charge in [-0.1, -0.05) is 0 Å². The first-order chi connectivity index (χ1) is 6.56. The SMILES string of the molecule is Cl.N#CC[C@@H](N)c1cc(I)cc(I)c1O. The molecule has 0 aliphatic heterocycles. The highest BCUT2D eigenvalue weighted by atomic mass is 127. The van der Waals surface area contributed by atoms with Gasteiger partial charge in [-0.15, -0.1) is 12.4 Å². The third kappa shape index (κ3) is 3.94. The van der Waals surface area contributed by atoms with E-state index in [1.165, 1.54) is 0 Å². The number of halogens is 3. The van der Waals surface area contributed by atoms with Gasteiger partial charge in [0.25, 0.3) is 0 Å². The summed E-state index contributed by atoms with van der Waals surface area (Å²) >= 11 is 4.20. The van der Waals surface area contributed by atoms with Crippen molar-refractivity contribution in [1.29, 1.82) is 5.26 Å². The minimum atomic E-state index is -0.414. The molecule has 6 heteroatoms. The van der Waals surface area contributed by atoms with E-state index in [1.807, 2.05) is 34.7 Å². The first kappa shape index (κ1) is 15.2. The third-order valence-corrected chi connectivity index (χ3v) is 3.21. The summed E-state index contributed by atoms with van der Waals surface area (Å²) in [5, 5.41) is 18.2. The minimum absolute atomic E-state index is 0. The third-order valence-electron chi connectivity index (χ3n) is 1.77. The zero-order chi connectivity index (χ0) is 10.7. The van der Waals surface area contributed by atoms with E-state index in [9.17, 15) is 5.11 Å². The van der Waals surface area contributed by atoms with Crippen LogP contribution in [-0.2, 0) is 0 Å². The minimum Gasteiger partial charge on any atom is -0.506 e. The molecule has 1 aromatic rings. The standard InChI is InChI=1S/C9H8I2N2O.ClH/c10-5-3-6(8(13)1-2-12)9(14)7(11)4-5;/h3-4,8,14H,1,13H2;1H/t8-;/m1./s1. The topological polar surface area (TPSA) is 70.0 Å². The van der Waals surface area contributed by atoms with Crippen molar-refractivity contribution in [3.63, 3.8) is 0 Å². The smallest absolute Gasteiger partial charge is 0.133 e. The Kier molecular flexibility index (Phi) is 6.83. The maximum atomic E-state index is 9.72. The molecule has 0 spiro atoms. The molecule has 0 amide bonds. The van der Waals surface area contributed by atoms with Crippen molar-refractivity contribution in [2.75, 3.05) is 0 Å². The molecule has 0 unspecified atom stereocenters. The van der Waals surface area contributed by atoms with Crippen molar-refractivity contribution in [3.8, 4) is 11.8 Å². The van der Waals surface area contributed by atoms with Gasteiger partial charge in [0, 0.05) is 15.2 Å². The van der Waals surface area contributed by atoms with Gasteiger partial charge in [-0.05, 0) is 57.3 Å². The summed E-state index contributed by atoms with van der Waals surface area (Å²) < 4.78 is 1.77. The summed E-state index contributed by atoms with van der Waals surface area (Å²) in [5.41, 5.74) is 6.40. The normalized spacial score (nSPS) is 11.3. The molecule has 0 bridgehead atoms. The predicted molar refractivity (Wildman–Crippen MR) is 77.9 cm³/mol. The number of phenolic OH excluding ortho intramolecular Hbond substituents is 1. The Morgan fingerprint density at radius 1 is 1.47 bits per heavy atom. The summed E-state index contributed by atoms with van der Waals surface area (Å²) in [4.78, 5) is 0. The number of rotatable bonds is 2. The van der Waals surface area contributed by atoms with E-state index in [2.05, 4.69) is 22.6 Å². The van der Waals surface area contributed by atoms with Crippen molar-refractivity contribution in [2.24, 2.45) is 5.73 Å². The largest absolute Gasteiger partial charge is 0.506 e. The number of hydrogen-bond acceptors (Lipinski definition) is 3. The quantitative estimate of drug-likeness (QED) is 0.681. The molecule has 82 valence electrons. The zero-order valence-corrected chi connectivity index (χ0v) is 12.7. The van der Waals surface area contributed by atoms with Crippen LogP contribution in [0.15, 0.2) is 12.1 Å². The number of nitrogens with zero attached hydrogens (tertiary/aromatic N) is 1. The first-order valence-corrected chi connectivity index (χ1v) is 6.02. The van der Waals surface area contributed by atoms with E-state index in [1.54, 1.807) is 6.07 Å². The molecule has 3 N–H and O–H groups in total. The molecule has 0 aliphatic rings. The first-order valence-electron chi connectivity index (χ1n) is 3.86. The van der Waals surface area contributed by atoms with Crippen molar-refractivity contribution in [3.05, 3.63) is 24.8 Å². The van der Waals surface area contributed by atoms with Gasteiger partial charge < -0.3 is 10.8 Å². The van der Waals surface area contributed by atoms with Crippen LogP contribution in [0.3, 0.4) is 0 Å². The van der Waals surface area contributed by atoms with Gasteiger partial charge in [0.05, 0.1) is 16.1 Å². The second-order valence-electron chi connectivity index (χ2n) is 2.79. The zero-order valence-electron chi connectivity index (χ0n) is 7.58. The van der Waals surface area contributed by atoms with E-state index in [4.69, 9.17) is 11.0 Å². The molecular weight excluding hydrogens is 441 g/mol. The van der Waals surface area contributed by atoms with Crippen molar-refractivity contribution in [2.45, 2.75) is 12.5 Å². The average Bonchev–Trinajstić information content (AvgIpc) is 2.11. The summed E-state index contributed by atoms with van der Waals surface area (Å²) in [7, 11) is 0. The van der Waals surface area contributed by atoms with E-state index < -0.39 is 6.04 Å². The maximum absolute atomic E-state index is 9.72. The van der Waals surface area contributed by atoms with Crippen LogP contribution >= 0.6 is 57.6 Å². The van der Waals surface area contributed by atoms with Gasteiger partial charge >= 0.3 is 0 Å². The maximum Gasteiger partial charge on any atom is 0.133 e. The van der Waals surface area contributed by atoms with Gasteiger partial charge in [-0.25, -0.2) is 0 Å². The van der Waals surface area contributed by atoms with Crippen LogP contribution in [0.5, 0.6) is 5.75 Å². The molecule has 0 saturated carbocycles. The Labute approximate surface area is 122 Å². The number of hydrogen-bond donors (Lipinski definition) is 2. The lowest BCUT2D eigenvalue weighted by molar-refractivity contribution is 0.458. The summed E-state index contributed by atoms with van der Waals surface area (Å²) in [6, 6.07) is 5.24. The highest BCUT2D eigenvalue weighted by molar-refractivity contribution is 14.1. The lowest BCUT2D eigenvalue weighted by Crippen LogP contribution is -2.10. The van der Waals surface area contributed by atoms with Crippen LogP contribution in [0.4, 0.5) is 0 Å². The van der Waals surface area contributed by atoms with Gasteiger partial charge in [-0.2, -0.15) is 5.26 Å². The molecule has 15 heavy (non-hydrogen) atoms. The molecule has 0 saturated heterocycles. The monoisotopic (exact) mass is 450 g/mol. The molecule has 0 radical (unpaired) electrons. The fourth-order valence-electron chi connectivity index (χ4n) is 1.08. The second-order valence-corrected chi connectivity index (χ2v) is 5.20.